The number of fused-ring (bicyclic) bond motifs is 1. The van der Waals surface area contributed by atoms with Crippen molar-refractivity contribution in [1.29, 1.82) is 0 Å². The number of hydrogen-bond acceptors (Lipinski definition) is 4. The van der Waals surface area contributed by atoms with Gasteiger partial charge >= 0.3 is 0 Å². The van der Waals surface area contributed by atoms with Gasteiger partial charge in [0.25, 0.3) is 5.91 Å². The summed E-state index contributed by atoms with van der Waals surface area (Å²) >= 11 is 0. The highest BCUT2D eigenvalue weighted by atomic mass is 16.5. The summed E-state index contributed by atoms with van der Waals surface area (Å²) in [7, 11) is 1.65. The zero-order valence-electron chi connectivity index (χ0n) is 18.6. The van der Waals surface area contributed by atoms with Crippen molar-refractivity contribution in [1.82, 2.24) is 15.1 Å². The molecule has 33 heavy (non-hydrogen) atoms. The van der Waals surface area contributed by atoms with Crippen LogP contribution in [0.2, 0.25) is 0 Å². The number of aromatic nitrogens is 2. The molecule has 1 aliphatic rings. The molecule has 0 unspecified atom stereocenters. The van der Waals surface area contributed by atoms with Gasteiger partial charge in [0.1, 0.15) is 22.9 Å². The predicted octanol–water partition coefficient (Wildman–Crippen LogP) is 4.89. The summed E-state index contributed by atoms with van der Waals surface area (Å²) in [5.74, 6) is 0.860. The lowest BCUT2D eigenvalue weighted by atomic mass is 9.95. The number of amides is 1. The zero-order chi connectivity index (χ0) is 22.9. The fraction of sp³-hybridized carbons (Fsp3) is 0.185. The number of para-hydroxylation sites is 1. The van der Waals surface area contributed by atoms with Crippen molar-refractivity contribution in [3.8, 4) is 22.8 Å². The number of H-pyrrole nitrogens is 1. The fourth-order valence-electron chi connectivity index (χ4n) is 4.44. The Hall–Kier alpha value is -4.06. The second kappa shape index (κ2) is 8.47. The van der Waals surface area contributed by atoms with Crippen LogP contribution in [-0.4, -0.2) is 39.8 Å². The highest BCUT2D eigenvalue weighted by molar-refractivity contribution is 6.00. The van der Waals surface area contributed by atoms with Crippen LogP contribution < -0.4 is 4.74 Å². The molecule has 4 aromatic rings. The molecule has 0 saturated heterocycles. The molecule has 6 heteroatoms. The lowest BCUT2D eigenvalue weighted by Gasteiger charge is -2.26. The van der Waals surface area contributed by atoms with E-state index in [0.29, 0.717) is 29.9 Å². The Morgan fingerprint density at radius 3 is 2.45 bits per heavy atom. The smallest absolute Gasteiger partial charge is 0.273 e. The average molecular weight is 440 g/mol. The SMILES string of the molecule is COc1ccc(CCN2C(=O)c3[nH]nc(-c4ccccc4O)c3[C@H]2c2ccc(C)cc2)cc1. The average Bonchev–Trinajstić information content (AvgIpc) is 3.38. The molecule has 2 N–H and O–H groups in total. The van der Waals surface area contributed by atoms with Crippen molar-refractivity contribution in [2.45, 2.75) is 19.4 Å². The van der Waals surface area contributed by atoms with Gasteiger partial charge in [0.05, 0.1) is 13.2 Å². The van der Waals surface area contributed by atoms with E-state index in [1.165, 1.54) is 0 Å². The van der Waals surface area contributed by atoms with Crippen LogP contribution in [0.3, 0.4) is 0 Å². The molecule has 5 rings (SSSR count). The van der Waals surface area contributed by atoms with Crippen molar-refractivity contribution in [3.63, 3.8) is 0 Å². The minimum absolute atomic E-state index is 0.0849. The second-order valence-corrected chi connectivity index (χ2v) is 8.29. The number of rotatable bonds is 6. The topological polar surface area (TPSA) is 78.5 Å². The molecular formula is C27H25N3O3. The molecule has 0 radical (unpaired) electrons. The largest absolute Gasteiger partial charge is 0.507 e. The molecule has 6 nitrogen and oxygen atoms in total. The second-order valence-electron chi connectivity index (χ2n) is 8.29. The summed E-state index contributed by atoms with van der Waals surface area (Å²) in [6.45, 7) is 2.59. The maximum atomic E-state index is 13.5. The van der Waals surface area contributed by atoms with Gasteiger partial charge in [-0.15, -0.1) is 0 Å². The molecule has 3 aromatic carbocycles. The number of methoxy groups -OCH3 is 1. The van der Waals surface area contributed by atoms with Crippen LogP contribution in [-0.2, 0) is 6.42 Å². The van der Waals surface area contributed by atoms with E-state index >= 15 is 0 Å². The first kappa shape index (κ1) is 20.8. The number of nitrogens with one attached hydrogen (secondary N) is 1. The number of aromatic hydroxyl groups is 1. The molecule has 0 saturated carbocycles. The molecular weight excluding hydrogens is 414 g/mol. The monoisotopic (exact) mass is 439 g/mol. The minimum atomic E-state index is -0.292. The normalized spacial score (nSPS) is 15.0. The third-order valence-corrected chi connectivity index (χ3v) is 6.22. The number of aromatic amines is 1. The summed E-state index contributed by atoms with van der Waals surface area (Å²) in [6.07, 6.45) is 0.710. The number of aryl methyl sites for hydroxylation is 1. The first-order valence-electron chi connectivity index (χ1n) is 10.9. The third kappa shape index (κ3) is 3.74. The van der Waals surface area contributed by atoms with Gasteiger partial charge in [0, 0.05) is 17.7 Å². The van der Waals surface area contributed by atoms with Gasteiger partial charge in [-0.25, -0.2) is 0 Å². The lowest BCUT2D eigenvalue weighted by Crippen LogP contribution is -2.31. The lowest BCUT2D eigenvalue weighted by molar-refractivity contribution is 0.0746. The first-order chi connectivity index (χ1) is 16.1. The van der Waals surface area contributed by atoms with Gasteiger partial charge < -0.3 is 14.7 Å². The van der Waals surface area contributed by atoms with Gasteiger partial charge in [-0.1, -0.05) is 54.1 Å². The Bertz CT molecular complexity index is 1290. The number of phenolic OH excluding ortho intramolecular Hbond substituents is 1. The number of carbonyl (C=O) groups excluding carboxylic acids is 1. The van der Waals surface area contributed by atoms with E-state index in [1.54, 1.807) is 19.2 Å². The van der Waals surface area contributed by atoms with Crippen LogP contribution in [0.4, 0.5) is 0 Å². The Morgan fingerprint density at radius 2 is 1.76 bits per heavy atom. The van der Waals surface area contributed by atoms with Gasteiger partial charge in [-0.3, -0.25) is 9.89 Å². The van der Waals surface area contributed by atoms with Crippen molar-refractivity contribution < 1.29 is 14.6 Å². The number of ether oxygens (including phenoxy) is 1. The number of carbonyl (C=O) groups is 1. The summed E-state index contributed by atoms with van der Waals surface area (Å²) in [5.41, 5.74) is 5.79. The van der Waals surface area contributed by atoms with Crippen LogP contribution >= 0.6 is 0 Å². The van der Waals surface area contributed by atoms with Crippen molar-refractivity contribution in [2.75, 3.05) is 13.7 Å². The molecule has 0 fully saturated rings. The fourth-order valence-corrected chi connectivity index (χ4v) is 4.44. The Balaban J connectivity index is 1.54. The third-order valence-electron chi connectivity index (χ3n) is 6.22. The number of benzene rings is 3. The van der Waals surface area contributed by atoms with Gasteiger partial charge in [0.15, 0.2) is 0 Å². The molecule has 1 aromatic heterocycles. The van der Waals surface area contributed by atoms with Gasteiger partial charge in [0.2, 0.25) is 0 Å². The number of phenols is 1. The van der Waals surface area contributed by atoms with E-state index in [2.05, 4.69) is 34.5 Å². The Morgan fingerprint density at radius 1 is 1.03 bits per heavy atom. The zero-order valence-corrected chi connectivity index (χ0v) is 18.6. The van der Waals surface area contributed by atoms with Crippen molar-refractivity contribution >= 4 is 5.91 Å². The minimum Gasteiger partial charge on any atom is -0.507 e. The summed E-state index contributed by atoms with van der Waals surface area (Å²) in [4.78, 5) is 15.4. The quantitative estimate of drug-likeness (QED) is 0.449. The van der Waals surface area contributed by atoms with Crippen LogP contribution in [0, 0.1) is 6.92 Å². The summed E-state index contributed by atoms with van der Waals surface area (Å²) < 4.78 is 5.25. The van der Waals surface area contributed by atoms with Crippen molar-refractivity contribution in [2.24, 2.45) is 0 Å². The molecule has 1 amide bonds. The maximum Gasteiger partial charge on any atom is 0.273 e. The highest BCUT2D eigenvalue weighted by Crippen LogP contribution is 2.44. The van der Waals surface area contributed by atoms with Crippen LogP contribution in [0.1, 0.15) is 38.8 Å². The number of hydrogen-bond donors (Lipinski definition) is 2. The molecule has 1 aliphatic heterocycles. The molecule has 2 heterocycles. The highest BCUT2D eigenvalue weighted by Gasteiger charge is 2.42. The Labute approximate surface area is 192 Å². The van der Waals surface area contributed by atoms with E-state index in [9.17, 15) is 9.90 Å². The molecule has 0 spiro atoms. The summed E-state index contributed by atoms with van der Waals surface area (Å²) in [5, 5.41) is 17.9. The van der Waals surface area contributed by atoms with Crippen LogP contribution in [0.5, 0.6) is 11.5 Å². The Kier molecular flexibility index (Phi) is 5.34. The number of nitrogens with zero attached hydrogens (tertiary/aromatic N) is 2. The maximum absolute atomic E-state index is 13.5. The standard InChI is InChI=1S/C27H25N3O3/c1-17-7-11-19(12-8-17)26-23-24(21-5-3-4-6-22(21)31)28-29-25(23)27(32)30(26)16-15-18-9-13-20(33-2)14-10-18/h3-14,26,31H,15-16H2,1-2H3,(H,28,29)/t26-/m1/s1. The predicted molar refractivity (Wildman–Crippen MR) is 126 cm³/mol. The van der Waals surface area contributed by atoms with Gasteiger partial charge in [-0.05, 0) is 48.7 Å². The molecule has 0 bridgehead atoms. The van der Waals surface area contributed by atoms with Crippen molar-refractivity contribution in [3.05, 3.63) is 101 Å². The van der Waals surface area contributed by atoms with Gasteiger partial charge in [-0.2, -0.15) is 5.10 Å². The van der Waals surface area contributed by atoms with Crippen LogP contribution in [0.25, 0.3) is 11.3 Å². The summed E-state index contributed by atoms with van der Waals surface area (Å²) in [6, 6.07) is 22.9. The van der Waals surface area contributed by atoms with E-state index in [1.807, 2.05) is 48.2 Å². The van der Waals surface area contributed by atoms with E-state index in [4.69, 9.17) is 4.74 Å². The van der Waals surface area contributed by atoms with E-state index in [0.717, 1.165) is 28.0 Å². The first-order valence-corrected chi connectivity index (χ1v) is 10.9. The van der Waals surface area contributed by atoms with E-state index < -0.39 is 0 Å². The molecule has 166 valence electrons. The molecule has 1 atom stereocenters. The molecule has 0 aliphatic carbocycles. The van der Waals surface area contributed by atoms with E-state index in [-0.39, 0.29) is 17.7 Å². The van der Waals surface area contributed by atoms with Crippen LogP contribution in [0.15, 0.2) is 72.8 Å².